The van der Waals surface area contributed by atoms with Crippen LogP contribution < -0.4 is 4.74 Å². The molecular weight excluding hydrogens is 320 g/mol. The first-order valence-corrected chi connectivity index (χ1v) is 9.27. The molecule has 1 aromatic carbocycles. The number of aromatic nitrogens is 1. The van der Waals surface area contributed by atoms with Gasteiger partial charge in [0.05, 0.1) is 17.3 Å². The number of hydrogen-bond acceptors (Lipinski definition) is 4. The maximum absolute atomic E-state index is 12.7. The molecule has 0 N–H and O–H groups in total. The molecule has 1 aliphatic heterocycles. The predicted molar refractivity (Wildman–Crippen MR) is 96.9 cm³/mol. The van der Waals surface area contributed by atoms with Crippen LogP contribution in [-0.2, 0) is 0 Å². The molecule has 2 heterocycles. The summed E-state index contributed by atoms with van der Waals surface area (Å²) < 4.78 is 5.91. The third-order valence-electron chi connectivity index (χ3n) is 4.41. The summed E-state index contributed by atoms with van der Waals surface area (Å²) in [6.07, 6.45) is 2.14. The molecule has 1 aliphatic rings. The second-order valence-corrected chi connectivity index (χ2v) is 7.73. The van der Waals surface area contributed by atoms with E-state index in [9.17, 15) is 4.79 Å². The average molecular weight is 344 g/mol. The molecule has 24 heavy (non-hydrogen) atoms. The Morgan fingerprint density at radius 2 is 2.04 bits per heavy atom. The highest BCUT2D eigenvalue weighted by Crippen LogP contribution is 2.24. The average Bonchev–Trinajstić information content (AvgIpc) is 2.92. The molecule has 1 aromatic heterocycles. The van der Waals surface area contributed by atoms with Crippen molar-refractivity contribution in [2.24, 2.45) is 5.92 Å². The van der Waals surface area contributed by atoms with Gasteiger partial charge in [-0.3, -0.25) is 4.79 Å². The third kappa shape index (κ3) is 3.96. The fourth-order valence-corrected chi connectivity index (χ4v) is 4.00. The lowest BCUT2D eigenvalue weighted by molar-refractivity contribution is 0.0637. The molecule has 0 bridgehead atoms. The number of ether oxygens (including phenoxy) is 1. The number of carbonyl (C=O) groups excluding carboxylic acids is 1. The Hall–Kier alpha value is -1.88. The van der Waals surface area contributed by atoms with E-state index >= 15 is 0 Å². The summed E-state index contributed by atoms with van der Waals surface area (Å²) >= 11 is 1.50. The normalized spacial score (nSPS) is 17.8. The highest BCUT2D eigenvalue weighted by molar-refractivity contribution is 7.13. The van der Waals surface area contributed by atoms with Gasteiger partial charge in [-0.25, -0.2) is 4.98 Å². The number of piperidine rings is 1. The van der Waals surface area contributed by atoms with Crippen molar-refractivity contribution in [1.82, 2.24) is 9.88 Å². The van der Waals surface area contributed by atoms with Gasteiger partial charge in [-0.1, -0.05) is 17.7 Å². The maximum Gasteiger partial charge on any atom is 0.265 e. The number of likely N-dealkylation sites (tertiary alicyclic amines) is 1. The Balaban J connectivity index is 1.58. The van der Waals surface area contributed by atoms with Crippen LogP contribution in [0.2, 0.25) is 0 Å². The van der Waals surface area contributed by atoms with Gasteiger partial charge in [0.25, 0.3) is 5.91 Å². The highest BCUT2D eigenvalue weighted by Gasteiger charge is 2.27. The Labute approximate surface area is 147 Å². The van der Waals surface area contributed by atoms with Crippen LogP contribution >= 0.6 is 11.3 Å². The van der Waals surface area contributed by atoms with Gasteiger partial charge < -0.3 is 9.64 Å². The summed E-state index contributed by atoms with van der Waals surface area (Å²) in [4.78, 5) is 19.9. The van der Waals surface area contributed by atoms with E-state index in [1.54, 1.807) is 0 Å². The maximum atomic E-state index is 12.7. The minimum absolute atomic E-state index is 0.123. The standard InChI is InChI=1S/C19H24N2O2S/c1-13-6-8-17(9-7-13)23-12-16-5-4-10-21(11-16)19(22)18-14(2)20-15(3)24-18/h6-9,16H,4-5,10-12H2,1-3H3/t16-/m1/s1. The van der Waals surface area contributed by atoms with Crippen molar-refractivity contribution in [3.8, 4) is 5.75 Å². The molecule has 0 saturated carbocycles. The molecule has 0 spiro atoms. The summed E-state index contributed by atoms with van der Waals surface area (Å²) in [6, 6.07) is 8.12. The van der Waals surface area contributed by atoms with Crippen LogP contribution in [-0.4, -0.2) is 35.5 Å². The van der Waals surface area contributed by atoms with Crippen LogP contribution in [0.15, 0.2) is 24.3 Å². The number of hydrogen-bond donors (Lipinski definition) is 0. The molecule has 1 fully saturated rings. The number of aryl methyl sites for hydroxylation is 3. The number of carbonyl (C=O) groups is 1. The van der Waals surface area contributed by atoms with Gasteiger partial charge >= 0.3 is 0 Å². The van der Waals surface area contributed by atoms with Crippen molar-refractivity contribution in [1.29, 1.82) is 0 Å². The Bertz CT molecular complexity index is 709. The Morgan fingerprint density at radius 1 is 1.29 bits per heavy atom. The van der Waals surface area contributed by atoms with Crippen LogP contribution in [0.1, 0.15) is 38.8 Å². The van der Waals surface area contributed by atoms with Crippen molar-refractivity contribution in [2.45, 2.75) is 33.6 Å². The molecule has 0 unspecified atom stereocenters. The largest absolute Gasteiger partial charge is 0.493 e. The first-order valence-electron chi connectivity index (χ1n) is 8.45. The van der Waals surface area contributed by atoms with Gasteiger partial charge in [0, 0.05) is 19.0 Å². The van der Waals surface area contributed by atoms with Crippen LogP contribution in [0.3, 0.4) is 0 Å². The summed E-state index contributed by atoms with van der Waals surface area (Å²) in [5.41, 5.74) is 2.08. The molecule has 3 rings (SSSR count). The zero-order valence-electron chi connectivity index (χ0n) is 14.5. The summed E-state index contributed by atoms with van der Waals surface area (Å²) in [6.45, 7) is 8.18. The minimum Gasteiger partial charge on any atom is -0.493 e. The number of benzene rings is 1. The highest BCUT2D eigenvalue weighted by atomic mass is 32.1. The fourth-order valence-electron chi connectivity index (χ4n) is 3.11. The molecule has 0 aliphatic carbocycles. The second-order valence-electron chi connectivity index (χ2n) is 6.53. The number of nitrogens with zero attached hydrogens (tertiary/aromatic N) is 2. The lowest BCUT2D eigenvalue weighted by Gasteiger charge is -2.32. The van der Waals surface area contributed by atoms with Gasteiger partial charge in [-0.2, -0.15) is 0 Å². The molecule has 4 nitrogen and oxygen atoms in total. The Kier molecular flexibility index (Phi) is 5.19. The van der Waals surface area contributed by atoms with E-state index in [1.807, 2.05) is 30.9 Å². The van der Waals surface area contributed by atoms with E-state index in [0.717, 1.165) is 47.3 Å². The summed E-state index contributed by atoms with van der Waals surface area (Å²) in [7, 11) is 0. The van der Waals surface area contributed by atoms with E-state index in [2.05, 4.69) is 24.0 Å². The molecule has 128 valence electrons. The van der Waals surface area contributed by atoms with Crippen LogP contribution in [0.4, 0.5) is 0 Å². The van der Waals surface area contributed by atoms with Crippen LogP contribution in [0, 0.1) is 26.7 Å². The van der Waals surface area contributed by atoms with Gasteiger partial charge in [0.15, 0.2) is 0 Å². The smallest absolute Gasteiger partial charge is 0.265 e. The SMILES string of the molecule is Cc1ccc(OC[C@@H]2CCCN(C(=O)c3sc(C)nc3C)C2)cc1. The first kappa shape index (κ1) is 17.0. The monoisotopic (exact) mass is 344 g/mol. The van der Waals surface area contributed by atoms with Crippen molar-refractivity contribution >= 4 is 17.2 Å². The van der Waals surface area contributed by atoms with Gasteiger partial charge in [0.2, 0.25) is 0 Å². The van der Waals surface area contributed by atoms with Crippen LogP contribution in [0.25, 0.3) is 0 Å². The number of thiazole rings is 1. The number of amides is 1. The Morgan fingerprint density at radius 3 is 2.71 bits per heavy atom. The molecule has 1 saturated heterocycles. The topological polar surface area (TPSA) is 42.4 Å². The zero-order chi connectivity index (χ0) is 17.1. The third-order valence-corrected chi connectivity index (χ3v) is 5.47. The molecule has 2 aromatic rings. The molecular formula is C19H24N2O2S. The van der Waals surface area contributed by atoms with Gasteiger partial charge in [0.1, 0.15) is 10.6 Å². The van der Waals surface area contributed by atoms with E-state index in [4.69, 9.17) is 4.74 Å². The molecule has 5 heteroatoms. The van der Waals surface area contributed by atoms with E-state index < -0.39 is 0 Å². The van der Waals surface area contributed by atoms with E-state index in [-0.39, 0.29) is 5.91 Å². The summed E-state index contributed by atoms with van der Waals surface area (Å²) in [5, 5.41) is 0.951. The first-order chi connectivity index (χ1) is 11.5. The van der Waals surface area contributed by atoms with E-state index in [0.29, 0.717) is 12.5 Å². The van der Waals surface area contributed by atoms with E-state index in [1.165, 1.54) is 16.9 Å². The predicted octanol–water partition coefficient (Wildman–Crippen LogP) is 4.00. The quantitative estimate of drug-likeness (QED) is 0.842. The minimum atomic E-state index is 0.123. The lowest BCUT2D eigenvalue weighted by Crippen LogP contribution is -2.41. The van der Waals surface area contributed by atoms with Crippen molar-refractivity contribution < 1.29 is 9.53 Å². The fraction of sp³-hybridized carbons (Fsp3) is 0.474. The van der Waals surface area contributed by atoms with Gasteiger partial charge in [-0.05, 0) is 45.7 Å². The molecule has 1 amide bonds. The van der Waals surface area contributed by atoms with Crippen molar-refractivity contribution in [2.75, 3.05) is 19.7 Å². The summed E-state index contributed by atoms with van der Waals surface area (Å²) in [5.74, 6) is 1.41. The molecule has 0 radical (unpaired) electrons. The zero-order valence-corrected chi connectivity index (χ0v) is 15.4. The molecule has 1 atom stereocenters. The number of rotatable bonds is 4. The second kappa shape index (κ2) is 7.34. The lowest BCUT2D eigenvalue weighted by atomic mass is 9.98. The van der Waals surface area contributed by atoms with Gasteiger partial charge in [-0.15, -0.1) is 11.3 Å². The van der Waals surface area contributed by atoms with Crippen molar-refractivity contribution in [3.63, 3.8) is 0 Å². The van der Waals surface area contributed by atoms with Crippen molar-refractivity contribution in [3.05, 3.63) is 45.4 Å². The van der Waals surface area contributed by atoms with Crippen LogP contribution in [0.5, 0.6) is 5.75 Å².